The van der Waals surface area contributed by atoms with E-state index in [-0.39, 0.29) is 11.7 Å². The maximum Gasteiger partial charge on any atom is 0.274 e. The molecular formula is C26H22N2O3S. The molecule has 0 aliphatic rings. The molecule has 1 unspecified atom stereocenters. The molecule has 0 saturated heterocycles. The molecule has 2 heterocycles. The van der Waals surface area contributed by atoms with E-state index in [1.807, 2.05) is 92.7 Å². The predicted octanol–water partition coefficient (Wildman–Crippen LogP) is 5.00. The molecule has 0 bridgehead atoms. The standard InChI is InChI=1S/C26H22N2O3S/c1-3-30-23-15-18(13-14-22(23)31-17(2)19-9-5-4-6-10-19)16-24-25(29)28-21-12-8-7-11-20(21)27-26(28)32-24/h4-17H,3H2,1-2H3. The van der Waals surface area contributed by atoms with Crippen molar-refractivity contribution in [2.75, 3.05) is 6.61 Å². The lowest BCUT2D eigenvalue weighted by Gasteiger charge is -2.18. The number of ether oxygens (including phenoxy) is 2. The van der Waals surface area contributed by atoms with Gasteiger partial charge >= 0.3 is 0 Å². The van der Waals surface area contributed by atoms with Crippen LogP contribution in [-0.2, 0) is 0 Å². The van der Waals surface area contributed by atoms with Crippen LogP contribution in [0.5, 0.6) is 11.5 Å². The monoisotopic (exact) mass is 442 g/mol. The van der Waals surface area contributed by atoms with E-state index in [4.69, 9.17) is 9.47 Å². The maximum atomic E-state index is 13.0. The normalized spacial score (nSPS) is 13.0. The van der Waals surface area contributed by atoms with Crippen molar-refractivity contribution in [2.24, 2.45) is 0 Å². The van der Waals surface area contributed by atoms with E-state index < -0.39 is 0 Å². The summed E-state index contributed by atoms with van der Waals surface area (Å²) in [5.41, 5.74) is 3.57. The first kappa shape index (κ1) is 20.3. The average Bonchev–Trinajstić information content (AvgIpc) is 3.32. The number of hydrogen-bond donors (Lipinski definition) is 0. The van der Waals surface area contributed by atoms with Crippen LogP contribution >= 0.6 is 11.3 Å². The first-order valence-electron chi connectivity index (χ1n) is 10.5. The van der Waals surface area contributed by atoms with Gasteiger partial charge in [-0.05, 0) is 55.3 Å². The number of para-hydroxylation sites is 2. The van der Waals surface area contributed by atoms with Gasteiger partial charge in [0.05, 0.1) is 22.2 Å². The second-order valence-electron chi connectivity index (χ2n) is 7.44. The Morgan fingerprint density at radius 2 is 1.81 bits per heavy atom. The van der Waals surface area contributed by atoms with Crippen molar-refractivity contribution >= 4 is 33.4 Å². The minimum atomic E-state index is -0.114. The van der Waals surface area contributed by atoms with Crippen LogP contribution in [0.15, 0.2) is 77.6 Å². The fourth-order valence-electron chi connectivity index (χ4n) is 3.73. The van der Waals surface area contributed by atoms with Crippen LogP contribution in [0.3, 0.4) is 0 Å². The zero-order valence-corrected chi connectivity index (χ0v) is 18.6. The Balaban J connectivity index is 1.51. The van der Waals surface area contributed by atoms with E-state index in [9.17, 15) is 4.79 Å². The zero-order chi connectivity index (χ0) is 22.1. The summed E-state index contributed by atoms with van der Waals surface area (Å²) in [6.45, 7) is 4.47. The summed E-state index contributed by atoms with van der Waals surface area (Å²) < 4.78 is 14.3. The highest BCUT2D eigenvalue weighted by Gasteiger charge is 2.13. The Morgan fingerprint density at radius 1 is 1.03 bits per heavy atom. The molecule has 5 aromatic rings. The van der Waals surface area contributed by atoms with Crippen molar-refractivity contribution in [1.29, 1.82) is 0 Å². The fraction of sp³-hybridized carbons (Fsp3) is 0.154. The van der Waals surface area contributed by atoms with E-state index in [2.05, 4.69) is 4.98 Å². The number of hydrogen-bond acceptors (Lipinski definition) is 5. The molecule has 0 amide bonds. The van der Waals surface area contributed by atoms with Gasteiger partial charge in [0.1, 0.15) is 6.10 Å². The Bertz CT molecular complexity index is 1510. The minimum Gasteiger partial charge on any atom is -0.490 e. The van der Waals surface area contributed by atoms with Gasteiger partial charge in [-0.2, -0.15) is 0 Å². The SMILES string of the molecule is CCOc1cc(C=c2sc3nc4ccccc4n3c2=O)ccc1OC(C)c1ccccc1. The molecule has 5 rings (SSSR count). The van der Waals surface area contributed by atoms with Gasteiger partial charge in [-0.1, -0.05) is 59.9 Å². The summed E-state index contributed by atoms with van der Waals surface area (Å²) in [5, 5.41) is 0. The molecule has 0 aliphatic heterocycles. The summed E-state index contributed by atoms with van der Waals surface area (Å²) in [6.07, 6.45) is 1.76. The van der Waals surface area contributed by atoms with E-state index in [0.717, 1.165) is 22.2 Å². The van der Waals surface area contributed by atoms with Gasteiger partial charge in [-0.15, -0.1) is 0 Å². The molecule has 0 radical (unpaired) electrons. The van der Waals surface area contributed by atoms with Gasteiger partial charge < -0.3 is 9.47 Å². The number of nitrogens with zero attached hydrogens (tertiary/aromatic N) is 2. The van der Waals surface area contributed by atoms with Crippen LogP contribution in [0.1, 0.15) is 31.1 Å². The number of imidazole rings is 1. The van der Waals surface area contributed by atoms with Crippen LogP contribution in [0.4, 0.5) is 0 Å². The van der Waals surface area contributed by atoms with Crippen LogP contribution in [0.2, 0.25) is 0 Å². The van der Waals surface area contributed by atoms with Gasteiger partial charge in [0.2, 0.25) is 0 Å². The number of rotatable bonds is 6. The molecular weight excluding hydrogens is 420 g/mol. The van der Waals surface area contributed by atoms with Gasteiger partial charge in [-0.25, -0.2) is 9.38 Å². The van der Waals surface area contributed by atoms with E-state index in [0.29, 0.717) is 27.6 Å². The molecule has 3 aromatic carbocycles. The first-order chi connectivity index (χ1) is 15.6. The van der Waals surface area contributed by atoms with E-state index in [1.165, 1.54) is 11.3 Å². The summed E-state index contributed by atoms with van der Waals surface area (Å²) >= 11 is 1.39. The molecule has 0 fully saturated rings. The topological polar surface area (TPSA) is 52.8 Å². The number of fused-ring (bicyclic) bond motifs is 3. The highest BCUT2D eigenvalue weighted by atomic mass is 32.1. The van der Waals surface area contributed by atoms with Gasteiger partial charge in [0.25, 0.3) is 5.56 Å². The van der Waals surface area contributed by atoms with Crippen molar-refractivity contribution in [1.82, 2.24) is 9.38 Å². The highest BCUT2D eigenvalue weighted by Crippen LogP contribution is 2.32. The third kappa shape index (κ3) is 3.74. The third-order valence-electron chi connectivity index (χ3n) is 5.28. The molecule has 2 aromatic heterocycles. The molecule has 0 saturated carbocycles. The Hall–Kier alpha value is -3.64. The molecule has 160 valence electrons. The average molecular weight is 443 g/mol. The van der Waals surface area contributed by atoms with Crippen LogP contribution in [-0.4, -0.2) is 16.0 Å². The van der Waals surface area contributed by atoms with Crippen molar-refractivity contribution in [3.05, 3.63) is 98.8 Å². The number of benzene rings is 3. The summed E-state index contributed by atoms with van der Waals surface area (Å²) in [6, 6.07) is 23.5. The Kier molecular flexibility index (Phi) is 5.37. The van der Waals surface area contributed by atoms with E-state index in [1.54, 1.807) is 4.40 Å². The third-order valence-corrected chi connectivity index (χ3v) is 6.25. The van der Waals surface area contributed by atoms with Crippen molar-refractivity contribution in [3.8, 4) is 11.5 Å². The smallest absolute Gasteiger partial charge is 0.274 e. The van der Waals surface area contributed by atoms with Crippen molar-refractivity contribution < 1.29 is 9.47 Å². The number of thiazole rings is 1. The van der Waals surface area contributed by atoms with Crippen LogP contribution < -0.4 is 19.6 Å². The molecule has 32 heavy (non-hydrogen) atoms. The minimum absolute atomic E-state index is 0.0605. The fourth-order valence-corrected chi connectivity index (χ4v) is 4.71. The maximum absolute atomic E-state index is 13.0. The van der Waals surface area contributed by atoms with Gasteiger partial charge in [-0.3, -0.25) is 4.79 Å². The van der Waals surface area contributed by atoms with Gasteiger partial charge in [0, 0.05) is 0 Å². The molecule has 1 atom stereocenters. The number of aromatic nitrogens is 2. The molecule has 5 nitrogen and oxygen atoms in total. The summed E-state index contributed by atoms with van der Waals surface area (Å²) in [7, 11) is 0. The largest absolute Gasteiger partial charge is 0.490 e. The lowest BCUT2D eigenvalue weighted by molar-refractivity contribution is 0.211. The quantitative estimate of drug-likeness (QED) is 0.372. The zero-order valence-electron chi connectivity index (χ0n) is 17.8. The van der Waals surface area contributed by atoms with Crippen LogP contribution in [0, 0.1) is 0 Å². The highest BCUT2D eigenvalue weighted by molar-refractivity contribution is 7.15. The predicted molar refractivity (Wildman–Crippen MR) is 129 cm³/mol. The summed E-state index contributed by atoms with van der Waals surface area (Å²) in [5.74, 6) is 1.33. The van der Waals surface area contributed by atoms with E-state index >= 15 is 0 Å². The van der Waals surface area contributed by atoms with Crippen molar-refractivity contribution in [2.45, 2.75) is 20.0 Å². The summed E-state index contributed by atoms with van der Waals surface area (Å²) in [4.78, 5) is 18.3. The Labute approximate surface area is 189 Å². The lowest BCUT2D eigenvalue weighted by Crippen LogP contribution is -2.22. The lowest BCUT2D eigenvalue weighted by atomic mass is 10.1. The molecule has 0 N–H and O–H groups in total. The molecule has 6 heteroatoms. The molecule has 0 aliphatic carbocycles. The van der Waals surface area contributed by atoms with Crippen molar-refractivity contribution in [3.63, 3.8) is 0 Å². The van der Waals surface area contributed by atoms with Crippen LogP contribution in [0.25, 0.3) is 22.1 Å². The first-order valence-corrected chi connectivity index (χ1v) is 11.4. The second kappa shape index (κ2) is 8.48. The second-order valence-corrected chi connectivity index (χ2v) is 8.45. The van der Waals surface area contributed by atoms with Gasteiger partial charge in [0.15, 0.2) is 16.5 Å². The molecule has 0 spiro atoms. The Morgan fingerprint density at radius 3 is 2.62 bits per heavy atom.